The highest BCUT2D eigenvalue weighted by Gasteiger charge is 2.12. The van der Waals surface area contributed by atoms with E-state index in [1.54, 1.807) is 47.4 Å². The average Bonchev–Trinajstić information content (AvgIpc) is 3.17. The summed E-state index contributed by atoms with van der Waals surface area (Å²) < 4.78 is 6.56. The van der Waals surface area contributed by atoms with Gasteiger partial charge in [0.05, 0.1) is 22.0 Å². The molecule has 0 radical (unpaired) electrons. The Hall–Kier alpha value is -2.90. The van der Waals surface area contributed by atoms with Crippen molar-refractivity contribution in [2.75, 3.05) is 11.9 Å². The number of esters is 1. The van der Waals surface area contributed by atoms with Crippen LogP contribution in [0.25, 0.3) is 5.69 Å². The van der Waals surface area contributed by atoms with Gasteiger partial charge in [-0.05, 0) is 42.5 Å². The monoisotopic (exact) mass is 390 g/mol. The summed E-state index contributed by atoms with van der Waals surface area (Å²) in [4.78, 5) is 27.8. The van der Waals surface area contributed by atoms with Gasteiger partial charge in [0.1, 0.15) is 12.7 Å². The molecule has 0 fully saturated rings. The summed E-state index contributed by atoms with van der Waals surface area (Å²) in [6.07, 6.45) is 2.95. The van der Waals surface area contributed by atoms with Crippen molar-refractivity contribution in [2.45, 2.75) is 0 Å². The molecule has 9 heteroatoms. The number of nitrogens with zero attached hydrogens (tertiary/aromatic N) is 3. The van der Waals surface area contributed by atoms with Crippen LogP contribution < -0.4 is 5.32 Å². The number of carbonyl (C=O) groups excluding carboxylic acids is 2. The van der Waals surface area contributed by atoms with Gasteiger partial charge >= 0.3 is 5.97 Å². The van der Waals surface area contributed by atoms with Crippen LogP contribution in [0.5, 0.6) is 0 Å². The molecule has 2 aromatic carbocycles. The largest absolute Gasteiger partial charge is 0.452 e. The molecule has 0 aliphatic carbocycles. The maximum absolute atomic E-state index is 12.0. The second-order valence-electron chi connectivity index (χ2n) is 5.14. The van der Waals surface area contributed by atoms with Gasteiger partial charge in [-0.2, -0.15) is 5.10 Å². The van der Waals surface area contributed by atoms with Crippen LogP contribution in [0.1, 0.15) is 10.4 Å². The maximum Gasteiger partial charge on any atom is 0.338 e. The third-order valence-corrected chi connectivity index (χ3v) is 3.87. The molecule has 0 saturated carbocycles. The highest BCUT2D eigenvalue weighted by Crippen LogP contribution is 2.25. The molecular weight excluding hydrogens is 379 g/mol. The SMILES string of the molecule is O=C(COC(=O)c1ccc(-n2cncn2)cc1)Nc1ccc(Cl)cc1Cl. The van der Waals surface area contributed by atoms with Gasteiger partial charge in [0.15, 0.2) is 6.61 Å². The second-order valence-corrected chi connectivity index (χ2v) is 5.98. The van der Waals surface area contributed by atoms with Crippen LogP contribution >= 0.6 is 23.2 Å². The Kier molecular flexibility index (Phi) is 5.50. The molecule has 1 amide bonds. The Morgan fingerprint density at radius 3 is 2.54 bits per heavy atom. The van der Waals surface area contributed by atoms with Crippen molar-refractivity contribution in [3.8, 4) is 5.69 Å². The first-order valence-corrected chi connectivity index (χ1v) is 8.15. The number of hydrogen-bond donors (Lipinski definition) is 1. The number of nitrogens with one attached hydrogen (secondary N) is 1. The van der Waals surface area contributed by atoms with Gasteiger partial charge in [-0.25, -0.2) is 14.5 Å². The second kappa shape index (κ2) is 7.99. The van der Waals surface area contributed by atoms with Crippen molar-refractivity contribution >= 4 is 40.8 Å². The predicted octanol–water partition coefficient (Wildman–Crippen LogP) is 3.37. The van der Waals surface area contributed by atoms with Crippen molar-refractivity contribution in [2.24, 2.45) is 0 Å². The predicted molar refractivity (Wildman–Crippen MR) is 96.7 cm³/mol. The summed E-state index contributed by atoms with van der Waals surface area (Å²) in [7, 11) is 0. The van der Waals surface area contributed by atoms with E-state index < -0.39 is 18.5 Å². The Bertz CT molecular complexity index is 928. The molecule has 132 valence electrons. The zero-order chi connectivity index (χ0) is 18.5. The zero-order valence-electron chi connectivity index (χ0n) is 13.2. The van der Waals surface area contributed by atoms with Gasteiger partial charge in [0.25, 0.3) is 5.91 Å². The summed E-state index contributed by atoms with van der Waals surface area (Å²) in [5, 5.41) is 7.28. The van der Waals surface area contributed by atoms with Gasteiger partial charge in [0.2, 0.25) is 0 Å². The third kappa shape index (κ3) is 4.38. The molecule has 1 N–H and O–H groups in total. The molecule has 0 aliphatic rings. The molecule has 0 unspecified atom stereocenters. The maximum atomic E-state index is 12.0. The van der Waals surface area contributed by atoms with Crippen LogP contribution in [-0.2, 0) is 9.53 Å². The number of aromatic nitrogens is 3. The minimum absolute atomic E-state index is 0.292. The molecule has 0 saturated heterocycles. The molecule has 1 aromatic heterocycles. The fourth-order valence-electron chi connectivity index (χ4n) is 2.08. The molecule has 26 heavy (non-hydrogen) atoms. The Balaban J connectivity index is 1.55. The Morgan fingerprint density at radius 2 is 1.88 bits per heavy atom. The summed E-state index contributed by atoms with van der Waals surface area (Å²) in [6.45, 7) is -0.442. The summed E-state index contributed by atoms with van der Waals surface area (Å²) >= 11 is 11.8. The van der Waals surface area contributed by atoms with Crippen molar-refractivity contribution in [1.82, 2.24) is 14.8 Å². The lowest BCUT2D eigenvalue weighted by Crippen LogP contribution is -2.21. The Morgan fingerprint density at radius 1 is 1.12 bits per heavy atom. The van der Waals surface area contributed by atoms with Gasteiger partial charge < -0.3 is 10.1 Å². The number of hydrogen-bond acceptors (Lipinski definition) is 5. The minimum Gasteiger partial charge on any atom is -0.452 e. The highest BCUT2D eigenvalue weighted by molar-refractivity contribution is 6.36. The lowest BCUT2D eigenvalue weighted by molar-refractivity contribution is -0.119. The van der Waals surface area contributed by atoms with Crippen molar-refractivity contribution in [3.05, 3.63) is 70.7 Å². The number of ether oxygens (including phenoxy) is 1. The topological polar surface area (TPSA) is 86.1 Å². The zero-order valence-corrected chi connectivity index (χ0v) is 14.7. The van der Waals surface area contributed by atoms with Gasteiger partial charge in [-0.1, -0.05) is 23.2 Å². The van der Waals surface area contributed by atoms with Crippen LogP contribution in [0.3, 0.4) is 0 Å². The number of anilines is 1. The highest BCUT2D eigenvalue weighted by atomic mass is 35.5. The summed E-state index contributed by atoms with van der Waals surface area (Å²) in [5.41, 5.74) is 1.44. The van der Waals surface area contributed by atoms with Crippen LogP contribution in [0.15, 0.2) is 55.1 Å². The van der Waals surface area contributed by atoms with Crippen molar-refractivity contribution < 1.29 is 14.3 Å². The molecule has 0 aliphatic heterocycles. The van der Waals surface area contributed by atoms with E-state index in [-0.39, 0.29) is 0 Å². The number of benzene rings is 2. The number of amides is 1. The molecule has 0 spiro atoms. The van der Waals surface area contributed by atoms with Gasteiger partial charge in [-0.15, -0.1) is 0 Å². The number of rotatable bonds is 5. The van der Waals surface area contributed by atoms with E-state index in [0.717, 1.165) is 5.69 Å². The molecule has 0 bridgehead atoms. The minimum atomic E-state index is -0.618. The van der Waals surface area contributed by atoms with E-state index in [0.29, 0.717) is 21.3 Å². The lowest BCUT2D eigenvalue weighted by atomic mass is 10.2. The normalized spacial score (nSPS) is 10.4. The fraction of sp³-hybridized carbons (Fsp3) is 0.0588. The van der Waals surface area contributed by atoms with E-state index in [1.807, 2.05) is 0 Å². The number of carbonyl (C=O) groups is 2. The van der Waals surface area contributed by atoms with Gasteiger partial charge in [0, 0.05) is 5.02 Å². The van der Waals surface area contributed by atoms with Crippen LogP contribution in [-0.4, -0.2) is 33.2 Å². The fourth-order valence-corrected chi connectivity index (χ4v) is 2.54. The van der Waals surface area contributed by atoms with E-state index >= 15 is 0 Å². The number of halogens is 2. The van der Waals surface area contributed by atoms with Crippen LogP contribution in [0.2, 0.25) is 10.0 Å². The Labute approximate surface area is 158 Å². The third-order valence-electron chi connectivity index (χ3n) is 3.33. The first kappa shape index (κ1) is 17.9. The van der Waals surface area contributed by atoms with Crippen LogP contribution in [0.4, 0.5) is 5.69 Å². The quantitative estimate of drug-likeness (QED) is 0.674. The van der Waals surface area contributed by atoms with Crippen molar-refractivity contribution in [3.63, 3.8) is 0 Å². The van der Waals surface area contributed by atoms with E-state index in [4.69, 9.17) is 27.9 Å². The van der Waals surface area contributed by atoms with Gasteiger partial charge in [-0.3, -0.25) is 4.79 Å². The van der Waals surface area contributed by atoms with E-state index in [2.05, 4.69) is 15.4 Å². The smallest absolute Gasteiger partial charge is 0.338 e. The summed E-state index contributed by atoms with van der Waals surface area (Å²) in [6, 6.07) is 11.2. The standard InChI is InChI=1S/C17H12Cl2N4O3/c18-12-3-6-15(14(19)7-12)22-16(24)8-26-17(25)11-1-4-13(5-2-11)23-10-20-9-21-23/h1-7,9-10H,8H2,(H,22,24). The van der Waals surface area contributed by atoms with Crippen LogP contribution in [0, 0.1) is 0 Å². The molecule has 1 heterocycles. The molecule has 3 aromatic rings. The summed E-state index contributed by atoms with van der Waals surface area (Å²) in [5.74, 6) is -1.13. The molecule has 7 nitrogen and oxygen atoms in total. The first-order chi connectivity index (χ1) is 12.5. The molecule has 0 atom stereocenters. The van der Waals surface area contributed by atoms with Crippen molar-refractivity contribution in [1.29, 1.82) is 0 Å². The average molecular weight is 391 g/mol. The molecular formula is C17H12Cl2N4O3. The van der Waals surface area contributed by atoms with E-state index in [9.17, 15) is 9.59 Å². The molecule has 3 rings (SSSR count). The first-order valence-electron chi connectivity index (χ1n) is 7.40. The van der Waals surface area contributed by atoms with E-state index in [1.165, 1.54) is 12.4 Å². The lowest BCUT2D eigenvalue weighted by Gasteiger charge is -2.08.